The molecule has 0 aliphatic rings. The summed E-state index contributed by atoms with van der Waals surface area (Å²) in [6.45, 7) is 0.233. The highest BCUT2D eigenvalue weighted by Crippen LogP contribution is 2.14. The second-order valence-electron chi connectivity index (χ2n) is 5.74. The maximum atomic E-state index is 12.5. The third-order valence-electron chi connectivity index (χ3n) is 4.02. The highest BCUT2D eigenvalue weighted by molar-refractivity contribution is 5.93. The minimum Gasteiger partial charge on any atom is -0.347 e. The summed E-state index contributed by atoms with van der Waals surface area (Å²) in [7, 11) is 0. The molecule has 0 fully saturated rings. The third-order valence-corrected chi connectivity index (χ3v) is 4.02. The fraction of sp³-hybridized carbons (Fsp3) is 0.0526. The number of hydrogen-bond acceptors (Lipinski definition) is 4. The molecule has 3 heterocycles. The SMILES string of the molecule is O=C(NCc1cc(=O)[nH]c2ccccc12)c1cc(-n2cccn2)ccn1. The predicted molar refractivity (Wildman–Crippen MR) is 97.1 cm³/mol. The number of aromatic amines is 1. The predicted octanol–water partition coefficient (Wildman–Crippen LogP) is 2.04. The number of H-pyrrole nitrogens is 1. The first kappa shape index (κ1) is 15.8. The molecule has 128 valence electrons. The number of fused-ring (bicyclic) bond motifs is 1. The Morgan fingerprint density at radius 1 is 1.12 bits per heavy atom. The zero-order valence-electron chi connectivity index (χ0n) is 13.7. The second-order valence-corrected chi connectivity index (χ2v) is 5.74. The number of hydrogen-bond donors (Lipinski definition) is 2. The van der Waals surface area contributed by atoms with E-state index in [-0.39, 0.29) is 23.7 Å². The summed E-state index contributed by atoms with van der Waals surface area (Å²) in [4.78, 5) is 31.2. The summed E-state index contributed by atoms with van der Waals surface area (Å²) in [6, 6.07) is 14.2. The lowest BCUT2D eigenvalue weighted by Crippen LogP contribution is -2.25. The van der Waals surface area contributed by atoms with Gasteiger partial charge in [-0.2, -0.15) is 5.10 Å². The monoisotopic (exact) mass is 345 g/mol. The highest BCUT2D eigenvalue weighted by Gasteiger charge is 2.10. The molecule has 1 amide bonds. The van der Waals surface area contributed by atoms with Gasteiger partial charge >= 0.3 is 0 Å². The molecule has 0 saturated heterocycles. The molecule has 0 unspecified atom stereocenters. The van der Waals surface area contributed by atoms with Crippen LogP contribution in [0.2, 0.25) is 0 Å². The summed E-state index contributed by atoms with van der Waals surface area (Å²) < 4.78 is 1.66. The molecule has 0 atom stereocenters. The molecule has 1 aromatic carbocycles. The van der Waals surface area contributed by atoms with Crippen molar-refractivity contribution >= 4 is 16.8 Å². The number of carbonyl (C=O) groups is 1. The Labute approximate surface area is 148 Å². The average Bonchev–Trinajstić information content (AvgIpc) is 3.20. The van der Waals surface area contributed by atoms with Crippen LogP contribution < -0.4 is 10.9 Å². The molecule has 26 heavy (non-hydrogen) atoms. The van der Waals surface area contributed by atoms with Crippen molar-refractivity contribution in [2.75, 3.05) is 0 Å². The largest absolute Gasteiger partial charge is 0.347 e. The number of amides is 1. The number of pyridine rings is 2. The van der Waals surface area contributed by atoms with Crippen LogP contribution in [0.15, 0.2) is 71.9 Å². The first-order valence-corrected chi connectivity index (χ1v) is 8.06. The van der Waals surface area contributed by atoms with Crippen molar-refractivity contribution in [1.82, 2.24) is 25.1 Å². The van der Waals surface area contributed by atoms with E-state index in [1.54, 1.807) is 41.5 Å². The molecule has 0 spiro atoms. The van der Waals surface area contributed by atoms with Crippen LogP contribution in [0.4, 0.5) is 0 Å². The van der Waals surface area contributed by atoms with E-state index in [9.17, 15) is 9.59 Å². The molecule has 0 radical (unpaired) electrons. The Kier molecular flexibility index (Phi) is 4.03. The van der Waals surface area contributed by atoms with Crippen LogP contribution in [0.25, 0.3) is 16.6 Å². The van der Waals surface area contributed by atoms with Crippen LogP contribution in [0.3, 0.4) is 0 Å². The Hall–Kier alpha value is -3.74. The van der Waals surface area contributed by atoms with E-state index in [0.717, 1.165) is 22.2 Å². The lowest BCUT2D eigenvalue weighted by molar-refractivity contribution is 0.0946. The number of carbonyl (C=O) groups excluding carboxylic acids is 1. The number of rotatable bonds is 4. The van der Waals surface area contributed by atoms with E-state index in [2.05, 4.69) is 20.4 Å². The molecule has 2 N–H and O–H groups in total. The van der Waals surface area contributed by atoms with Crippen LogP contribution >= 0.6 is 0 Å². The van der Waals surface area contributed by atoms with E-state index in [1.165, 1.54) is 6.07 Å². The van der Waals surface area contributed by atoms with Crippen molar-refractivity contribution in [3.63, 3.8) is 0 Å². The van der Waals surface area contributed by atoms with Gasteiger partial charge in [-0.3, -0.25) is 14.6 Å². The van der Waals surface area contributed by atoms with Gasteiger partial charge in [0.25, 0.3) is 5.91 Å². The van der Waals surface area contributed by atoms with Gasteiger partial charge in [0.1, 0.15) is 5.69 Å². The second kappa shape index (κ2) is 6.64. The number of nitrogens with one attached hydrogen (secondary N) is 2. The van der Waals surface area contributed by atoms with Crippen LogP contribution in [0.5, 0.6) is 0 Å². The maximum absolute atomic E-state index is 12.5. The van der Waals surface area contributed by atoms with Crippen molar-refractivity contribution in [2.24, 2.45) is 0 Å². The molecule has 0 bridgehead atoms. The average molecular weight is 345 g/mol. The van der Waals surface area contributed by atoms with E-state index in [1.807, 2.05) is 24.3 Å². The molecule has 0 aliphatic carbocycles. The number of nitrogens with zero attached hydrogens (tertiary/aromatic N) is 3. The minimum atomic E-state index is -0.316. The fourth-order valence-electron chi connectivity index (χ4n) is 2.80. The zero-order chi connectivity index (χ0) is 17.9. The van der Waals surface area contributed by atoms with Gasteiger partial charge in [0.05, 0.1) is 5.69 Å². The molecule has 0 aliphatic heterocycles. The molecule has 4 rings (SSSR count). The van der Waals surface area contributed by atoms with E-state index in [0.29, 0.717) is 0 Å². The lowest BCUT2D eigenvalue weighted by atomic mass is 10.1. The van der Waals surface area contributed by atoms with Crippen LogP contribution in [-0.4, -0.2) is 25.7 Å². The third kappa shape index (κ3) is 3.10. The first-order chi connectivity index (χ1) is 12.7. The Bertz CT molecular complexity index is 1130. The summed E-state index contributed by atoms with van der Waals surface area (Å²) in [5, 5.41) is 7.86. The molecule has 3 aromatic heterocycles. The molecule has 7 nitrogen and oxygen atoms in total. The van der Waals surface area contributed by atoms with Crippen molar-refractivity contribution in [1.29, 1.82) is 0 Å². The van der Waals surface area contributed by atoms with Gasteiger partial charge in [-0.1, -0.05) is 18.2 Å². The summed E-state index contributed by atoms with van der Waals surface area (Å²) >= 11 is 0. The quantitative estimate of drug-likeness (QED) is 0.592. The number of para-hydroxylation sites is 1. The molecular weight excluding hydrogens is 330 g/mol. The van der Waals surface area contributed by atoms with Crippen molar-refractivity contribution < 1.29 is 4.79 Å². The standard InChI is InChI=1S/C19H15N5O2/c25-18-10-13(15-4-1-2-5-16(15)23-18)12-21-19(26)17-11-14(6-8-20-17)24-9-3-7-22-24/h1-11H,12H2,(H,21,26)(H,23,25). The molecule has 7 heteroatoms. The van der Waals surface area contributed by atoms with Crippen molar-refractivity contribution in [3.05, 3.63) is 88.7 Å². The van der Waals surface area contributed by atoms with Gasteiger partial charge < -0.3 is 10.3 Å². The van der Waals surface area contributed by atoms with Crippen LogP contribution in [0, 0.1) is 0 Å². The first-order valence-electron chi connectivity index (χ1n) is 8.06. The van der Waals surface area contributed by atoms with E-state index >= 15 is 0 Å². The number of aromatic nitrogens is 4. The summed E-state index contributed by atoms with van der Waals surface area (Å²) in [5.41, 5.74) is 2.32. The van der Waals surface area contributed by atoms with Gasteiger partial charge in [-0.15, -0.1) is 0 Å². The maximum Gasteiger partial charge on any atom is 0.270 e. The van der Waals surface area contributed by atoms with Gasteiger partial charge in [0.15, 0.2) is 0 Å². The number of benzene rings is 1. The van der Waals surface area contributed by atoms with Crippen LogP contribution in [0.1, 0.15) is 16.1 Å². The van der Waals surface area contributed by atoms with Crippen molar-refractivity contribution in [3.8, 4) is 5.69 Å². The van der Waals surface area contributed by atoms with Gasteiger partial charge in [0.2, 0.25) is 5.56 Å². The Morgan fingerprint density at radius 3 is 2.85 bits per heavy atom. The zero-order valence-corrected chi connectivity index (χ0v) is 13.7. The smallest absolute Gasteiger partial charge is 0.270 e. The van der Waals surface area contributed by atoms with E-state index in [4.69, 9.17) is 0 Å². The van der Waals surface area contributed by atoms with E-state index < -0.39 is 0 Å². The molecular formula is C19H15N5O2. The summed E-state index contributed by atoms with van der Waals surface area (Å²) in [5.74, 6) is -0.316. The van der Waals surface area contributed by atoms with Gasteiger partial charge in [-0.05, 0) is 29.8 Å². The van der Waals surface area contributed by atoms with Crippen LogP contribution in [-0.2, 0) is 6.54 Å². The highest BCUT2D eigenvalue weighted by atomic mass is 16.2. The molecule has 0 saturated carbocycles. The lowest BCUT2D eigenvalue weighted by Gasteiger charge is -2.09. The normalized spacial score (nSPS) is 10.8. The molecule has 4 aromatic rings. The Morgan fingerprint density at radius 2 is 2.00 bits per heavy atom. The fourth-order valence-corrected chi connectivity index (χ4v) is 2.80. The van der Waals surface area contributed by atoms with Crippen molar-refractivity contribution in [2.45, 2.75) is 6.54 Å². The topological polar surface area (TPSA) is 92.7 Å². The summed E-state index contributed by atoms with van der Waals surface area (Å²) in [6.07, 6.45) is 5.02. The Balaban J connectivity index is 1.57. The minimum absolute atomic E-state index is 0.202. The van der Waals surface area contributed by atoms with Gasteiger partial charge in [0, 0.05) is 42.1 Å². The van der Waals surface area contributed by atoms with Gasteiger partial charge in [-0.25, -0.2) is 4.68 Å².